The zero-order valence-corrected chi connectivity index (χ0v) is 6.39. The Morgan fingerprint density at radius 2 is 2.18 bits per heavy atom. The number of hydrogen-bond acceptors (Lipinski definition) is 3. The van der Waals surface area contributed by atoms with E-state index in [4.69, 9.17) is 0 Å². The van der Waals surface area contributed by atoms with E-state index >= 15 is 0 Å². The first-order valence-corrected chi connectivity index (χ1v) is 3.02. The molecule has 0 aromatic rings. The van der Waals surface area contributed by atoms with Crippen LogP contribution in [0, 0.1) is 0 Å². The Kier molecular flexibility index (Phi) is 4.17. The Hall–Kier alpha value is -1.13. The molecule has 0 aliphatic heterocycles. The van der Waals surface area contributed by atoms with Crippen LogP contribution in [0.5, 0.6) is 0 Å². The number of ketones is 1. The summed E-state index contributed by atoms with van der Waals surface area (Å²) in [6.45, 7) is 0.282. The van der Waals surface area contributed by atoms with Gasteiger partial charge in [-0.1, -0.05) is 0 Å². The fraction of sp³-hybridized carbons (Fsp3) is 0.667. The molecule has 0 saturated heterocycles. The summed E-state index contributed by atoms with van der Waals surface area (Å²) in [6.07, 6.45) is -0.803. The third-order valence-electron chi connectivity index (χ3n) is 1.12. The van der Waals surface area contributed by atoms with Crippen molar-refractivity contribution in [1.29, 1.82) is 0 Å². The molecule has 0 heterocycles. The number of ether oxygens (including phenoxy) is 1. The number of Topliss-reactive ketones (excluding diaryl/α,β-unsaturated/α-hetero) is 1. The lowest BCUT2D eigenvalue weighted by Gasteiger charge is -2.09. The number of amides is 1. The Morgan fingerprint density at radius 3 is 2.45 bits per heavy atom. The van der Waals surface area contributed by atoms with Gasteiger partial charge in [-0.25, -0.2) is 9.18 Å². The third-order valence-corrected chi connectivity index (χ3v) is 1.12. The molecule has 64 valence electrons. The summed E-state index contributed by atoms with van der Waals surface area (Å²) >= 11 is 0. The van der Waals surface area contributed by atoms with Gasteiger partial charge in [0.1, 0.15) is 12.7 Å². The lowest BCUT2D eigenvalue weighted by atomic mass is 10.2. The molecule has 4 nitrogen and oxygen atoms in total. The van der Waals surface area contributed by atoms with Gasteiger partial charge in [0.25, 0.3) is 0 Å². The molecule has 0 aromatic heterocycles. The van der Waals surface area contributed by atoms with Gasteiger partial charge in [-0.15, -0.1) is 0 Å². The molecule has 0 radical (unpaired) electrons. The number of hydrogen-bond donors (Lipinski definition) is 1. The lowest BCUT2D eigenvalue weighted by molar-refractivity contribution is -0.119. The SMILES string of the molecule is COC(=O)NC(CF)C(C)=O. The molecule has 0 aromatic carbocycles. The third kappa shape index (κ3) is 3.54. The molecule has 0 saturated carbocycles. The van der Waals surface area contributed by atoms with Crippen LogP contribution in [0.15, 0.2) is 0 Å². The lowest BCUT2D eigenvalue weighted by Crippen LogP contribution is -2.41. The maximum Gasteiger partial charge on any atom is 0.407 e. The van der Waals surface area contributed by atoms with Crippen LogP contribution >= 0.6 is 0 Å². The predicted molar refractivity (Wildman–Crippen MR) is 36.0 cm³/mol. The van der Waals surface area contributed by atoms with Crippen LogP contribution in [0.1, 0.15) is 6.92 Å². The molecule has 5 heteroatoms. The van der Waals surface area contributed by atoms with E-state index in [0.717, 1.165) is 7.11 Å². The van der Waals surface area contributed by atoms with Crippen LogP contribution in [0.4, 0.5) is 9.18 Å². The molecule has 1 atom stereocenters. The molecule has 0 rings (SSSR count). The summed E-state index contributed by atoms with van der Waals surface area (Å²) < 4.78 is 16.1. The van der Waals surface area contributed by atoms with Gasteiger partial charge in [-0.3, -0.25) is 4.79 Å². The van der Waals surface area contributed by atoms with Crippen molar-refractivity contribution >= 4 is 11.9 Å². The average molecular weight is 163 g/mol. The van der Waals surface area contributed by atoms with Gasteiger partial charge in [0.15, 0.2) is 5.78 Å². The normalized spacial score (nSPS) is 11.9. The minimum Gasteiger partial charge on any atom is -0.453 e. The van der Waals surface area contributed by atoms with E-state index in [1.807, 2.05) is 5.32 Å². The molecule has 0 bridgehead atoms. The van der Waals surface area contributed by atoms with E-state index < -0.39 is 24.6 Å². The van der Waals surface area contributed by atoms with Crippen molar-refractivity contribution in [3.05, 3.63) is 0 Å². The van der Waals surface area contributed by atoms with Gasteiger partial charge in [0.05, 0.1) is 7.11 Å². The van der Waals surface area contributed by atoms with Crippen LogP contribution in [0.25, 0.3) is 0 Å². The van der Waals surface area contributed by atoms with Gasteiger partial charge in [-0.2, -0.15) is 0 Å². The first-order chi connectivity index (χ1) is 5.11. The highest BCUT2D eigenvalue weighted by Gasteiger charge is 2.16. The average Bonchev–Trinajstić information content (AvgIpc) is 1.99. The zero-order chi connectivity index (χ0) is 8.85. The van der Waals surface area contributed by atoms with E-state index in [0.29, 0.717) is 0 Å². The second-order valence-corrected chi connectivity index (χ2v) is 1.95. The molecule has 0 fully saturated rings. The van der Waals surface area contributed by atoms with E-state index in [1.165, 1.54) is 6.92 Å². The van der Waals surface area contributed by atoms with Crippen LogP contribution in [-0.2, 0) is 9.53 Å². The number of methoxy groups -OCH3 is 1. The first-order valence-electron chi connectivity index (χ1n) is 3.02. The largest absolute Gasteiger partial charge is 0.453 e. The maximum atomic E-state index is 11.9. The van der Waals surface area contributed by atoms with Crippen LogP contribution in [0.3, 0.4) is 0 Å². The minimum absolute atomic E-state index is 0.432. The summed E-state index contributed by atoms with van der Waals surface area (Å²) in [5.74, 6) is -0.432. The number of nitrogens with one attached hydrogen (secondary N) is 1. The minimum atomic E-state index is -1.08. The highest BCUT2D eigenvalue weighted by molar-refractivity contribution is 5.85. The highest BCUT2D eigenvalue weighted by Crippen LogP contribution is 1.88. The number of alkyl halides is 1. The second kappa shape index (κ2) is 4.65. The van der Waals surface area contributed by atoms with E-state index in [2.05, 4.69) is 4.74 Å². The monoisotopic (exact) mass is 163 g/mol. The summed E-state index contributed by atoms with van der Waals surface area (Å²) in [5.41, 5.74) is 0. The molecule has 0 spiro atoms. The van der Waals surface area contributed by atoms with Gasteiger partial charge in [-0.05, 0) is 6.92 Å². The fourth-order valence-corrected chi connectivity index (χ4v) is 0.450. The van der Waals surface area contributed by atoms with Crippen molar-refractivity contribution in [2.24, 2.45) is 0 Å². The quantitative estimate of drug-likeness (QED) is 0.649. The molecule has 1 N–H and O–H groups in total. The Morgan fingerprint density at radius 1 is 1.64 bits per heavy atom. The van der Waals surface area contributed by atoms with Crippen molar-refractivity contribution in [1.82, 2.24) is 5.32 Å². The number of carbonyl (C=O) groups is 2. The number of rotatable bonds is 3. The van der Waals surface area contributed by atoms with Crippen LogP contribution in [0.2, 0.25) is 0 Å². The van der Waals surface area contributed by atoms with Crippen molar-refractivity contribution in [3.63, 3.8) is 0 Å². The van der Waals surface area contributed by atoms with Crippen molar-refractivity contribution in [3.8, 4) is 0 Å². The van der Waals surface area contributed by atoms with Crippen LogP contribution < -0.4 is 5.32 Å². The van der Waals surface area contributed by atoms with Crippen molar-refractivity contribution in [2.45, 2.75) is 13.0 Å². The van der Waals surface area contributed by atoms with Gasteiger partial charge < -0.3 is 10.1 Å². The number of alkyl carbamates (subject to hydrolysis) is 1. The molecule has 1 unspecified atom stereocenters. The number of halogens is 1. The molecular formula is C6H10FNO3. The molecule has 0 aliphatic rings. The maximum absolute atomic E-state index is 11.9. The molecule has 11 heavy (non-hydrogen) atoms. The van der Waals surface area contributed by atoms with Crippen LogP contribution in [-0.4, -0.2) is 31.7 Å². The zero-order valence-electron chi connectivity index (χ0n) is 6.39. The molecule has 1 amide bonds. The van der Waals surface area contributed by atoms with E-state index in [-0.39, 0.29) is 0 Å². The van der Waals surface area contributed by atoms with E-state index in [9.17, 15) is 14.0 Å². The highest BCUT2D eigenvalue weighted by atomic mass is 19.1. The Labute approximate surface area is 63.7 Å². The fourth-order valence-electron chi connectivity index (χ4n) is 0.450. The Balaban J connectivity index is 3.88. The summed E-state index contributed by atoms with van der Waals surface area (Å²) in [7, 11) is 1.14. The summed E-state index contributed by atoms with van der Waals surface area (Å²) in [5, 5.41) is 2.03. The second-order valence-electron chi connectivity index (χ2n) is 1.95. The molecule has 0 aliphatic carbocycles. The van der Waals surface area contributed by atoms with Gasteiger partial charge in [0.2, 0.25) is 0 Å². The standard InChI is InChI=1S/C6H10FNO3/c1-4(9)5(3-7)8-6(10)11-2/h5H,3H2,1-2H3,(H,8,10). The van der Waals surface area contributed by atoms with Gasteiger partial charge in [0, 0.05) is 0 Å². The summed E-state index contributed by atoms with van der Waals surface area (Å²) in [6, 6.07) is -1.08. The topological polar surface area (TPSA) is 55.4 Å². The number of carbonyl (C=O) groups excluding carboxylic acids is 2. The van der Waals surface area contributed by atoms with E-state index in [1.54, 1.807) is 0 Å². The predicted octanol–water partition coefficient (Wildman–Crippen LogP) is 0.269. The first kappa shape index (κ1) is 9.87. The van der Waals surface area contributed by atoms with Crippen molar-refractivity contribution < 1.29 is 18.7 Å². The molecular weight excluding hydrogens is 153 g/mol. The smallest absolute Gasteiger partial charge is 0.407 e. The van der Waals surface area contributed by atoms with Gasteiger partial charge >= 0.3 is 6.09 Å². The Bertz CT molecular complexity index is 160. The summed E-state index contributed by atoms with van der Waals surface area (Å²) in [4.78, 5) is 20.9. The van der Waals surface area contributed by atoms with Crippen molar-refractivity contribution in [2.75, 3.05) is 13.8 Å².